The molecule has 3 aromatic rings. The van der Waals surface area contributed by atoms with E-state index in [0.717, 1.165) is 23.6 Å². The van der Waals surface area contributed by atoms with Crippen LogP contribution in [0.25, 0.3) is 10.8 Å². The quantitative estimate of drug-likeness (QED) is 0.582. The molecule has 0 unspecified atom stereocenters. The monoisotopic (exact) mass is 376 g/mol. The number of anilines is 2. The van der Waals surface area contributed by atoms with Crippen molar-refractivity contribution in [1.82, 2.24) is 0 Å². The molecule has 0 heterocycles. The first kappa shape index (κ1) is 19.4. The molecular weight excluding hydrogens is 352 g/mol. The Balaban J connectivity index is 1.54. The number of ether oxygens (including phenoxy) is 1. The zero-order valence-electron chi connectivity index (χ0n) is 15.9. The van der Waals surface area contributed by atoms with Crippen molar-refractivity contribution in [3.05, 3.63) is 66.7 Å². The molecule has 0 bridgehead atoms. The van der Waals surface area contributed by atoms with Crippen molar-refractivity contribution in [3.63, 3.8) is 0 Å². The van der Waals surface area contributed by atoms with Gasteiger partial charge in [-0.15, -0.1) is 0 Å². The van der Waals surface area contributed by atoms with E-state index >= 15 is 0 Å². The molecule has 0 fully saturated rings. The van der Waals surface area contributed by atoms with Crippen molar-refractivity contribution < 1.29 is 14.3 Å². The number of rotatable bonds is 8. The Labute approximate surface area is 164 Å². The predicted octanol–water partition coefficient (Wildman–Crippen LogP) is 4.99. The zero-order valence-corrected chi connectivity index (χ0v) is 15.9. The molecule has 5 nitrogen and oxygen atoms in total. The number of hydrogen-bond acceptors (Lipinski definition) is 3. The molecule has 0 spiro atoms. The molecule has 3 aromatic carbocycles. The lowest BCUT2D eigenvalue weighted by atomic mass is 10.1. The summed E-state index contributed by atoms with van der Waals surface area (Å²) in [7, 11) is 0. The van der Waals surface area contributed by atoms with Crippen LogP contribution in [0.15, 0.2) is 66.7 Å². The zero-order chi connectivity index (χ0) is 19.8. The first-order valence-electron chi connectivity index (χ1n) is 9.45. The molecule has 2 amide bonds. The van der Waals surface area contributed by atoms with E-state index in [9.17, 15) is 9.59 Å². The van der Waals surface area contributed by atoms with Crippen molar-refractivity contribution in [2.24, 2.45) is 0 Å². The molecular formula is C23H24N2O3. The van der Waals surface area contributed by atoms with Crippen molar-refractivity contribution in [2.45, 2.75) is 26.2 Å². The van der Waals surface area contributed by atoms with Gasteiger partial charge in [0.15, 0.2) is 6.61 Å². The number of nitrogens with one attached hydrogen (secondary N) is 2. The lowest BCUT2D eigenvalue weighted by Crippen LogP contribution is -2.20. The molecule has 0 atom stereocenters. The van der Waals surface area contributed by atoms with E-state index in [1.54, 1.807) is 24.3 Å². The molecule has 0 aromatic heterocycles. The van der Waals surface area contributed by atoms with Crippen LogP contribution in [0.3, 0.4) is 0 Å². The fraction of sp³-hybridized carbons (Fsp3) is 0.217. The fourth-order valence-electron chi connectivity index (χ4n) is 2.84. The third kappa shape index (κ3) is 5.58. The fourth-order valence-corrected chi connectivity index (χ4v) is 2.84. The van der Waals surface area contributed by atoms with Crippen LogP contribution in [0.1, 0.15) is 26.2 Å². The van der Waals surface area contributed by atoms with Gasteiger partial charge in [0.25, 0.3) is 5.91 Å². The van der Waals surface area contributed by atoms with Gasteiger partial charge in [0, 0.05) is 17.8 Å². The van der Waals surface area contributed by atoms with Gasteiger partial charge < -0.3 is 15.4 Å². The summed E-state index contributed by atoms with van der Waals surface area (Å²) in [6, 6.07) is 20.8. The molecule has 0 aliphatic heterocycles. The molecule has 0 aliphatic carbocycles. The highest BCUT2D eigenvalue weighted by atomic mass is 16.5. The summed E-state index contributed by atoms with van der Waals surface area (Å²) in [5.41, 5.74) is 1.27. The topological polar surface area (TPSA) is 67.4 Å². The van der Waals surface area contributed by atoms with E-state index in [-0.39, 0.29) is 18.4 Å². The number of hydrogen-bond donors (Lipinski definition) is 2. The van der Waals surface area contributed by atoms with Gasteiger partial charge in [-0.05, 0) is 47.5 Å². The third-order valence-electron chi connectivity index (χ3n) is 4.28. The summed E-state index contributed by atoms with van der Waals surface area (Å²) in [4.78, 5) is 24.0. The second-order valence-electron chi connectivity index (χ2n) is 6.58. The first-order valence-corrected chi connectivity index (χ1v) is 9.45. The van der Waals surface area contributed by atoms with Crippen molar-refractivity contribution in [3.8, 4) is 5.75 Å². The Bertz CT molecular complexity index is 969. The maximum Gasteiger partial charge on any atom is 0.262 e. The first-order chi connectivity index (χ1) is 13.6. The highest BCUT2D eigenvalue weighted by Crippen LogP contribution is 2.21. The van der Waals surface area contributed by atoms with Gasteiger partial charge in [-0.3, -0.25) is 9.59 Å². The average Bonchev–Trinajstić information content (AvgIpc) is 2.71. The van der Waals surface area contributed by atoms with Gasteiger partial charge in [0.2, 0.25) is 5.91 Å². The van der Waals surface area contributed by atoms with Gasteiger partial charge in [-0.1, -0.05) is 49.7 Å². The third-order valence-corrected chi connectivity index (χ3v) is 4.28. The van der Waals surface area contributed by atoms with E-state index in [1.807, 2.05) is 49.4 Å². The highest BCUT2D eigenvalue weighted by molar-refractivity contribution is 5.94. The Morgan fingerprint density at radius 1 is 0.821 bits per heavy atom. The van der Waals surface area contributed by atoms with Gasteiger partial charge in [-0.25, -0.2) is 0 Å². The van der Waals surface area contributed by atoms with Crippen LogP contribution in [-0.2, 0) is 9.59 Å². The van der Waals surface area contributed by atoms with Crippen LogP contribution in [0.2, 0.25) is 0 Å². The molecule has 0 saturated heterocycles. The SMILES string of the molecule is CCCCC(=O)Nc1cccc(NC(=O)COc2ccc3ccccc3c2)c1. The molecule has 5 heteroatoms. The highest BCUT2D eigenvalue weighted by Gasteiger charge is 2.07. The molecule has 0 aliphatic rings. The number of carbonyl (C=O) groups excluding carboxylic acids is 2. The number of amides is 2. The van der Waals surface area contributed by atoms with Crippen molar-refractivity contribution in [2.75, 3.05) is 17.2 Å². The van der Waals surface area contributed by atoms with Gasteiger partial charge in [-0.2, -0.15) is 0 Å². The molecule has 0 saturated carbocycles. The standard InChI is InChI=1S/C23H24N2O3/c1-2-3-11-22(26)24-19-9-6-10-20(15-19)25-23(27)16-28-21-13-12-17-7-4-5-8-18(17)14-21/h4-10,12-15H,2-3,11,16H2,1H3,(H,24,26)(H,25,27). The minimum absolute atomic E-state index is 0.0232. The van der Waals surface area contributed by atoms with Crippen LogP contribution < -0.4 is 15.4 Å². The van der Waals surface area contributed by atoms with E-state index < -0.39 is 0 Å². The van der Waals surface area contributed by atoms with Gasteiger partial charge >= 0.3 is 0 Å². The molecule has 144 valence electrons. The maximum atomic E-state index is 12.2. The lowest BCUT2D eigenvalue weighted by molar-refractivity contribution is -0.118. The Hall–Kier alpha value is -3.34. The largest absolute Gasteiger partial charge is 0.484 e. The van der Waals surface area contributed by atoms with Crippen LogP contribution in [0.4, 0.5) is 11.4 Å². The van der Waals surface area contributed by atoms with E-state index in [4.69, 9.17) is 4.74 Å². The smallest absolute Gasteiger partial charge is 0.262 e. The minimum atomic E-state index is -0.261. The number of carbonyl (C=O) groups is 2. The predicted molar refractivity (Wildman–Crippen MR) is 113 cm³/mol. The van der Waals surface area contributed by atoms with Gasteiger partial charge in [0.05, 0.1) is 0 Å². The number of benzene rings is 3. The average molecular weight is 376 g/mol. The Morgan fingerprint density at radius 2 is 1.54 bits per heavy atom. The van der Waals surface area contributed by atoms with Gasteiger partial charge in [0.1, 0.15) is 5.75 Å². The van der Waals surface area contributed by atoms with Crippen LogP contribution in [0.5, 0.6) is 5.75 Å². The summed E-state index contributed by atoms with van der Waals surface area (Å²) < 4.78 is 5.61. The lowest BCUT2D eigenvalue weighted by Gasteiger charge is -2.10. The second-order valence-corrected chi connectivity index (χ2v) is 6.58. The van der Waals surface area contributed by atoms with Crippen molar-refractivity contribution in [1.29, 1.82) is 0 Å². The second kappa shape index (κ2) is 9.55. The van der Waals surface area contributed by atoms with Crippen molar-refractivity contribution >= 4 is 34.0 Å². The Kier molecular flexibility index (Phi) is 6.63. The molecule has 2 N–H and O–H groups in total. The normalized spacial score (nSPS) is 10.5. The van der Waals surface area contributed by atoms with E-state index in [0.29, 0.717) is 23.5 Å². The summed E-state index contributed by atoms with van der Waals surface area (Å²) in [6.45, 7) is 1.95. The summed E-state index contributed by atoms with van der Waals surface area (Å²) in [6.07, 6.45) is 2.32. The molecule has 28 heavy (non-hydrogen) atoms. The van der Waals surface area contributed by atoms with Crippen LogP contribution >= 0.6 is 0 Å². The summed E-state index contributed by atoms with van der Waals surface area (Å²) in [5, 5.41) is 7.82. The summed E-state index contributed by atoms with van der Waals surface area (Å²) >= 11 is 0. The molecule has 0 radical (unpaired) electrons. The minimum Gasteiger partial charge on any atom is -0.484 e. The molecule has 3 rings (SSSR count). The Morgan fingerprint density at radius 3 is 2.29 bits per heavy atom. The van der Waals surface area contributed by atoms with E-state index in [1.165, 1.54) is 0 Å². The van der Waals surface area contributed by atoms with Crippen LogP contribution in [-0.4, -0.2) is 18.4 Å². The number of unbranched alkanes of at least 4 members (excludes halogenated alkanes) is 1. The van der Waals surface area contributed by atoms with E-state index in [2.05, 4.69) is 10.6 Å². The van der Waals surface area contributed by atoms with Crippen LogP contribution in [0, 0.1) is 0 Å². The summed E-state index contributed by atoms with van der Waals surface area (Å²) in [5.74, 6) is 0.360. The maximum absolute atomic E-state index is 12.2. The number of fused-ring (bicyclic) bond motifs is 1.